The molecule has 0 aliphatic heterocycles. The Balaban J connectivity index is 1.95. The molecule has 0 bridgehead atoms. The molecule has 0 aliphatic carbocycles. The largest absolute Gasteiger partial charge is 0.352 e. The molecule has 2 aromatic rings. The standard InChI is InChI=1S/C18H22N2O2/c1-3-16(4-2)20-17(21)12-19-18(22)15-10-9-13-7-5-6-8-14(13)11-15/h5-11,16H,3-4,12H2,1-2H3,(H,19,22)(H,20,21). The Morgan fingerprint density at radius 2 is 1.68 bits per heavy atom. The minimum Gasteiger partial charge on any atom is -0.352 e. The van der Waals surface area contributed by atoms with E-state index >= 15 is 0 Å². The molecule has 0 saturated carbocycles. The van der Waals surface area contributed by atoms with E-state index in [2.05, 4.69) is 10.6 Å². The predicted octanol–water partition coefficient (Wildman–Crippen LogP) is 2.87. The molecule has 4 heteroatoms. The zero-order valence-corrected chi connectivity index (χ0v) is 13.1. The van der Waals surface area contributed by atoms with Crippen LogP contribution >= 0.6 is 0 Å². The van der Waals surface area contributed by atoms with Gasteiger partial charge in [0.2, 0.25) is 5.91 Å². The van der Waals surface area contributed by atoms with Gasteiger partial charge in [0.15, 0.2) is 0 Å². The van der Waals surface area contributed by atoms with Crippen molar-refractivity contribution in [3.63, 3.8) is 0 Å². The fourth-order valence-corrected chi connectivity index (χ4v) is 2.36. The van der Waals surface area contributed by atoms with Gasteiger partial charge in [0.05, 0.1) is 6.54 Å². The first kappa shape index (κ1) is 16.0. The van der Waals surface area contributed by atoms with Crippen molar-refractivity contribution >= 4 is 22.6 Å². The van der Waals surface area contributed by atoms with Crippen LogP contribution in [0.3, 0.4) is 0 Å². The van der Waals surface area contributed by atoms with Crippen molar-refractivity contribution in [3.05, 3.63) is 48.0 Å². The van der Waals surface area contributed by atoms with Gasteiger partial charge in [0.1, 0.15) is 0 Å². The second-order valence-electron chi connectivity index (χ2n) is 5.33. The van der Waals surface area contributed by atoms with Crippen LogP contribution in [0.2, 0.25) is 0 Å². The van der Waals surface area contributed by atoms with Gasteiger partial charge in [-0.05, 0) is 35.7 Å². The van der Waals surface area contributed by atoms with Crippen molar-refractivity contribution in [2.45, 2.75) is 32.7 Å². The molecule has 0 atom stereocenters. The van der Waals surface area contributed by atoms with Gasteiger partial charge in [-0.2, -0.15) is 0 Å². The number of rotatable bonds is 6. The summed E-state index contributed by atoms with van der Waals surface area (Å²) >= 11 is 0. The number of fused-ring (bicyclic) bond motifs is 1. The van der Waals surface area contributed by atoms with Gasteiger partial charge in [-0.15, -0.1) is 0 Å². The highest BCUT2D eigenvalue weighted by atomic mass is 16.2. The average molecular weight is 298 g/mol. The molecule has 0 fully saturated rings. The summed E-state index contributed by atoms with van der Waals surface area (Å²) in [5.41, 5.74) is 0.564. The fraction of sp³-hybridized carbons (Fsp3) is 0.333. The van der Waals surface area contributed by atoms with Crippen LogP contribution < -0.4 is 10.6 Å². The van der Waals surface area contributed by atoms with Crippen molar-refractivity contribution in [3.8, 4) is 0 Å². The van der Waals surface area contributed by atoms with E-state index in [1.807, 2.05) is 50.2 Å². The minimum absolute atomic E-state index is 0.00214. The molecular formula is C18H22N2O2. The number of benzene rings is 2. The highest BCUT2D eigenvalue weighted by Crippen LogP contribution is 2.15. The third kappa shape index (κ3) is 4.07. The number of hydrogen-bond acceptors (Lipinski definition) is 2. The van der Waals surface area contributed by atoms with Crippen LogP contribution in [0.1, 0.15) is 37.0 Å². The molecule has 0 radical (unpaired) electrons. The molecule has 0 aliphatic rings. The summed E-state index contributed by atoms with van der Waals surface area (Å²) in [6.45, 7) is 4.06. The van der Waals surface area contributed by atoms with Gasteiger partial charge in [0, 0.05) is 11.6 Å². The van der Waals surface area contributed by atoms with E-state index in [0.29, 0.717) is 5.56 Å². The third-order valence-electron chi connectivity index (χ3n) is 3.77. The van der Waals surface area contributed by atoms with Crippen LogP contribution in [0.5, 0.6) is 0 Å². The topological polar surface area (TPSA) is 58.2 Å². The zero-order chi connectivity index (χ0) is 15.9. The smallest absolute Gasteiger partial charge is 0.251 e. The Kier molecular flexibility index (Phi) is 5.53. The van der Waals surface area contributed by atoms with Crippen molar-refractivity contribution in [2.24, 2.45) is 0 Å². The number of carbonyl (C=O) groups excluding carboxylic acids is 2. The zero-order valence-electron chi connectivity index (χ0n) is 13.1. The van der Waals surface area contributed by atoms with Gasteiger partial charge in [-0.3, -0.25) is 9.59 Å². The first-order chi connectivity index (χ1) is 10.6. The van der Waals surface area contributed by atoms with E-state index in [9.17, 15) is 9.59 Å². The second-order valence-corrected chi connectivity index (χ2v) is 5.33. The Labute approximate surface area is 130 Å². The molecule has 4 nitrogen and oxygen atoms in total. The number of hydrogen-bond donors (Lipinski definition) is 2. The molecular weight excluding hydrogens is 276 g/mol. The monoisotopic (exact) mass is 298 g/mol. The van der Waals surface area contributed by atoms with Gasteiger partial charge in [-0.1, -0.05) is 44.2 Å². The summed E-state index contributed by atoms with van der Waals surface area (Å²) < 4.78 is 0. The molecule has 116 valence electrons. The Bertz CT molecular complexity index is 663. The van der Waals surface area contributed by atoms with E-state index in [1.54, 1.807) is 6.07 Å². The maximum Gasteiger partial charge on any atom is 0.251 e. The van der Waals surface area contributed by atoms with Crippen LogP contribution in [0.4, 0.5) is 0 Å². The van der Waals surface area contributed by atoms with Crippen LogP contribution in [0, 0.1) is 0 Å². The number of nitrogens with one attached hydrogen (secondary N) is 2. The summed E-state index contributed by atoms with van der Waals surface area (Å²) in [7, 11) is 0. The quantitative estimate of drug-likeness (QED) is 0.861. The van der Waals surface area contributed by atoms with E-state index in [-0.39, 0.29) is 24.4 Å². The summed E-state index contributed by atoms with van der Waals surface area (Å²) in [4.78, 5) is 23.9. The van der Waals surface area contributed by atoms with Gasteiger partial charge in [0.25, 0.3) is 5.91 Å². The lowest BCUT2D eigenvalue weighted by molar-refractivity contribution is -0.120. The predicted molar refractivity (Wildman–Crippen MR) is 88.8 cm³/mol. The molecule has 0 aromatic heterocycles. The van der Waals surface area contributed by atoms with Gasteiger partial charge >= 0.3 is 0 Å². The van der Waals surface area contributed by atoms with Crippen LogP contribution in [-0.2, 0) is 4.79 Å². The SMILES string of the molecule is CCC(CC)NC(=O)CNC(=O)c1ccc2ccccc2c1. The summed E-state index contributed by atoms with van der Waals surface area (Å²) in [6, 6.07) is 13.6. The molecule has 0 unspecified atom stereocenters. The number of amides is 2. The van der Waals surface area contributed by atoms with Crippen molar-refractivity contribution in [1.82, 2.24) is 10.6 Å². The maximum atomic E-state index is 12.1. The molecule has 2 aromatic carbocycles. The molecule has 22 heavy (non-hydrogen) atoms. The van der Waals surface area contributed by atoms with Gasteiger partial charge < -0.3 is 10.6 Å². The molecule has 0 saturated heterocycles. The van der Waals surface area contributed by atoms with E-state index in [1.165, 1.54) is 0 Å². The van der Waals surface area contributed by atoms with Gasteiger partial charge in [-0.25, -0.2) is 0 Å². The second kappa shape index (κ2) is 7.59. The molecule has 2 N–H and O–H groups in total. The van der Waals surface area contributed by atoms with Crippen molar-refractivity contribution in [1.29, 1.82) is 0 Å². The molecule has 0 spiro atoms. The van der Waals surface area contributed by atoms with E-state index in [4.69, 9.17) is 0 Å². The highest BCUT2D eigenvalue weighted by molar-refractivity contribution is 6.00. The lowest BCUT2D eigenvalue weighted by Gasteiger charge is -2.15. The normalized spacial score (nSPS) is 10.7. The summed E-state index contributed by atoms with van der Waals surface area (Å²) in [5.74, 6) is -0.381. The van der Waals surface area contributed by atoms with Crippen molar-refractivity contribution < 1.29 is 9.59 Å². The fourth-order valence-electron chi connectivity index (χ4n) is 2.36. The third-order valence-corrected chi connectivity index (χ3v) is 3.77. The summed E-state index contributed by atoms with van der Waals surface area (Å²) in [6.07, 6.45) is 1.78. The van der Waals surface area contributed by atoms with Crippen molar-refractivity contribution in [2.75, 3.05) is 6.54 Å². The first-order valence-electron chi connectivity index (χ1n) is 7.70. The Morgan fingerprint density at radius 1 is 1.00 bits per heavy atom. The lowest BCUT2D eigenvalue weighted by Crippen LogP contribution is -2.41. The summed E-state index contributed by atoms with van der Waals surface area (Å²) in [5, 5.41) is 7.66. The van der Waals surface area contributed by atoms with Crippen LogP contribution in [0.25, 0.3) is 10.8 Å². The maximum absolute atomic E-state index is 12.1. The van der Waals surface area contributed by atoms with Crippen LogP contribution in [0.15, 0.2) is 42.5 Å². The lowest BCUT2D eigenvalue weighted by atomic mass is 10.1. The first-order valence-corrected chi connectivity index (χ1v) is 7.70. The molecule has 2 amide bonds. The Morgan fingerprint density at radius 3 is 2.36 bits per heavy atom. The molecule has 2 rings (SSSR count). The average Bonchev–Trinajstić information content (AvgIpc) is 2.57. The molecule has 0 heterocycles. The Hall–Kier alpha value is -2.36. The van der Waals surface area contributed by atoms with Crippen LogP contribution in [-0.4, -0.2) is 24.4 Å². The van der Waals surface area contributed by atoms with E-state index < -0.39 is 0 Å². The number of carbonyl (C=O) groups is 2. The van der Waals surface area contributed by atoms with E-state index in [0.717, 1.165) is 23.6 Å². The highest BCUT2D eigenvalue weighted by Gasteiger charge is 2.11. The minimum atomic E-state index is -0.231.